The number of nitrogens with one attached hydrogen (secondary N) is 1. The van der Waals surface area contributed by atoms with Crippen molar-refractivity contribution in [3.8, 4) is 5.75 Å². The Labute approximate surface area is 170 Å². The van der Waals surface area contributed by atoms with Crippen LogP contribution in [0, 0.1) is 0 Å². The number of nitrogens with zero attached hydrogens (tertiary/aromatic N) is 2. The summed E-state index contributed by atoms with van der Waals surface area (Å²) < 4.78 is 7.17. The molecule has 0 saturated heterocycles. The van der Waals surface area contributed by atoms with Crippen molar-refractivity contribution in [3.05, 3.63) is 59.4 Å². The number of pyridine rings is 1. The molecule has 2 N–H and O–H groups in total. The fraction of sp³-hybridized carbons (Fsp3) is 0.391. The molecule has 6 nitrogen and oxygen atoms in total. The number of carbonyl (C=O) groups excluding carboxylic acids is 1. The molecule has 0 radical (unpaired) electrons. The lowest BCUT2D eigenvalue weighted by Crippen LogP contribution is -2.45. The van der Waals surface area contributed by atoms with Gasteiger partial charge in [-0.05, 0) is 54.7 Å². The van der Waals surface area contributed by atoms with Gasteiger partial charge in [0.05, 0.1) is 19.3 Å². The van der Waals surface area contributed by atoms with E-state index < -0.39 is 6.10 Å². The van der Waals surface area contributed by atoms with Gasteiger partial charge in [-0.15, -0.1) is 0 Å². The minimum atomic E-state index is -0.481. The van der Waals surface area contributed by atoms with Gasteiger partial charge in [-0.25, -0.2) is 4.98 Å². The highest BCUT2D eigenvalue weighted by Gasteiger charge is 2.25. The molecular formula is C23H27N3O3. The van der Waals surface area contributed by atoms with E-state index in [9.17, 15) is 9.90 Å². The highest BCUT2D eigenvalue weighted by molar-refractivity contribution is 5.95. The van der Waals surface area contributed by atoms with Gasteiger partial charge in [0, 0.05) is 18.6 Å². The molecule has 1 aliphatic rings. The van der Waals surface area contributed by atoms with Crippen LogP contribution in [0.25, 0.3) is 11.0 Å². The molecule has 0 unspecified atom stereocenters. The molecule has 1 aromatic carbocycles. The van der Waals surface area contributed by atoms with Gasteiger partial charge in [-0.2, -0.15) is 0 Å². The van der Waals surface area contributed by atoms with Crippen LogP contribution in [0.5, 0.6) is 5.75 Å². The molecule has 1 amide bonds. The van der Waals surface area contributed by atoms with Crippen LogP contribution in [0.4, 0.5) is 0 Å². The largest absolute Gasteiger partial charge is 0.497 e. The van der Waals surface area contributed by atoms with Crippen LogP contribution >= 0.6 is 0 Å². The minimum Gasteiger partial charge on any atom is -0.497 e. The van der Waals surface area contributed by atoms with Crippen molar-refractivity contribution < 1.29 is 14.6 Å². The second-order valence-corrected chi connectivity index (χ2v) is 7.79. The molecule has 0 spiro atoms. The van der Waals surface area contributed by atoms with Crippen LogP contribution in [0.1, 0.15) is 47.3 Å². The van der Waals surface area contributed by atoms with Gasteiger partial charge in [-0.3, -0.25) is 4.79 Å². The van der Waals surface area contributed by atoms with E-state index in [0.29, 0.717) is 12.1 Å². The number of hydrogen-bond acceptors (Lipinski definition) is 4. The predicted molar refractivity (Wildman–Crippen MR) is 112 cm³/mol. The van der Waals surface area contributed by atoms with Crippen LogP contribution < -0.4 is 10.1 Å². The number of hydrogen-bond donors (Lipinski definition) is 2. The Morgan fingerprint density at radius 3 is 2.72 bits per heavy atom. The van der Waals surface area contributed by atoms with Crippen molar-refractivity contribution in [1.29, 1.82) is 0 Å². The Bertz CT molecular complexity index is 1010. The minimum absolute atomic E-state index is 0.202. The number of aliphatic hydroxyl groups excluding tert-OH is 1. The Hall–Kier alpha value is -2.86. The molecule has 0 bridgehead atoms. The summed E-state index contributed by atoms with van der Waals surface area (Å²) in [4.78, 5) is 17.5. The van der Waals surface area contributed by atoms with Crippen molar-refractivity contribution in [2.75, 3.05) is 7.11 Å². The fourth-order valence-corrected chi connectivity index (χ4v) is 4.05. The standard InChI is InChI=1S/C23H27N3O3/c1-26-12-11-18-16(13-15-7-9-17(29-2)10-8-15)14-20(24-22(18)26)23(28)25-19-5-3-4-6-21(19)27/h7-12,14,19,21,27H,3-6,13H2,1-2H3,(H,25,28)/t19-,21-/m0/s1. The topological polar surface area (TPSA) is 76.4 Å². The number of aryl methyl sites for hydroxylation is 1. The smallest absolute Gasteiger partial charge is 0.270 e. The molecule has 2 atom stereocenters. The summed E-state index contributed by atoms with van der Waals surface area (Å²) in [5.74, 6) is 0.592. The molecule has 2 aromatic heterocycles. The van der Waals surface area contributed by atoms with Crippen LogP contribution in [-0.4, -0.2) is 39.8 Å². The molecule has 152 valence electrons. The highest BCUT2D eigenvalue weighted by atomic mass is 16.5. The Kier molecular flexibility index (Phi) is 5.53. The lowest BCUT2D eigenvalue weighted by molar-refractivity contribution is 0.0714. The summed E-state index contributed by atoms with van der Waals surface area (Å²) >= 11 is 0. The van der Waals surface area contributed by atoms with E-state index in [0.717, 1.165) is 53.6 Å². The molecule has 29 heavy (non-hydrogen) atoms. The third kappa shape index (κ3) is 4.12. The van der Waals surface area contributed by atoms with Crippen molar-refractivity contribution in [2.45, 2.75) is 44.2 Å². The van der Waals surface area contributed by atoms with E-state index in [-0.39, 0.29) is 11.9 Å². The van der Waals surface area contributed by atoms with Crippen LogP contribution in [0.15, 0.2) is 42.6 Å². The number of fused-ring (bicyclic) bond motifs is 1. The van der Waals surface area contributed by atoms with Crippen LogP contribution in [0.2, 0.25) is 0 Å². The lowest BCUT2D eigenvalue weighted by Gasteiger charge is -2.28. The molecule has 2 heterocycles. The summed E-state index contributed by atoms with van der Waals surface area (Å²) in [6, 6.07) is 11.7. The fourth-order valence-electron chi connectivity index (χ4n) is 4.05. The molecule has 3 aromatic rings. The average Bonchev–Trinajstić information content (AvgIpc) is 3.11. The number of methoxy groups -OCH3 is 1. The first-order valence-electron chi connectivity index (χ1n) is 10.1. The van der Waals surface area contributed by atoms with Crippen LogP contribution in [0.3, 0.4) is 0 Å². The van der Waals surface area contributed by atoms with E-state index in [1.165, 1.54) is 0 Å². The third-order valence-electron chi connectivity index (χ3n) is 5.76. The molecular weight excluding hydrogens is 366 g/mol. The quantitative estimate of drug-likeness (QED) is 0.698. The normalized spacial score (nSPS) is 19.3. The molecule has 1 fully saturated rings. The number of rotatable bonds is 5. The molecule has 4 rings (SSSR count). The van der Waals surface area contributed by atoms with Crippen molar-refractivity contribution in [3.63, 3.8) is 0 Å². The Balaban J connectivity index is 1.64. The van der Waals surface area contributed by atoms with Crippen LogP contribution in [-0.2, 0) is 13.5 Å². The zero-order valence-electron chi connectivity index (χ0n) is 16.9. The zero-order valence-corrected chi connectivity index (χ0v) is 16.9. The van der Waals surface area contributed by atoms with E-state index in [1.54, 1.807) is 7.11 Å². The average molecular weight is 393 g/mol. The van der Waals surface area contributed by atoms with Gasteiger partial charge in [-0.1, -0.05) is 25.0 Å². The van der Waals surface area contributed by atoms with Crippen molar-refractivity contribution >= 4 is 16.9 Å². The number of aromatic nitrogens is 2. The van der Waals surface area contributed by atoms with Crippen molar-refractivity contribution in [2.24, 2.45) is 7.05 Å². The number of benzene rings is 1. The van der Waals surface area contributed by atoms with E-state index in [4.69, 9.17) is 4.74 Å². The SMILES string of the molecule is COc1ccc(Cc2cc(C(=O)N[C@H]3CCCC[C@@H]3O)nc3c2ccn3C)cc1. The Morgan fingerprint density at radius 2 is 2.00 bits per heavy atom. The lowest BCUT2D eigenvalue weighted by atomic mass is 9.92. The number of amides is 1. The van der Waals surface area contributed by atoms with E-state index in [2.05, 4.69) is 10.3 Å². The van der Waals surface area contributed by atoms with Gasteiger partial charge < -0.3 is 19.7 Å². The first-order chi connectivity index (χ1) is 14.0. The molecule has 1 aliphatic carbocycles. The summed E-state index contributed by atoms with van der Waals surface area (Å²) in [7, 11) is 3.58. The van der Waals surface area contributed by atoms with Gasteiger partial charge in [0.2, 0.25) is 0 Å². The first-order valence-corrected chi connectivity index (χ1v) is 10.1. The number of ether oxygens (including phenoxy) is 1. The molecule has 0 aliphatic heterocycles. The predicted octanol–water partition coefficient (Wildman–Crippen LogP) is 3.21. The maximum absolute atomic E-state index is 12.9. The maximum atomic E-state index is 12.9. The second-order valence-electron chi connectivity index (χ2n) is 7.79. The van der Waals surface area contributed by atoms with Gasteiger partial charge in [0.1, 0.15) is 17.1 Å². The number of aliphatic hydroxyl groups is 1. The van der Waals surface area contributed by atoms with Gasteiger partial charge in [0.25, 0.3) is 5.91 Å². The first kappa shape index (κ1) is 19.5. The third-order valence-corrected chi connectivity index (χ3v) is 5.76. The van der Waals surface area contributed by atoms with E-state index >= 15 is 0 Å². The highest BCUT2D eigenvalue weighted by Crippen LogP contribution is 2.24. The monoisotopic (exact) mass is 393 g/mol. The summed E-state index contributed by atoms with van der Waals surface area (Å²) in [5, 5.41) is 14.2. The summed E-state index contributed by atoms with van der Waals surface area (Å²) in [6.07, 6.45) is 5.74. The Morgan fingerprint density at radius 1 is 1.24 bits per heavy atom. The molecule has 6 heteroatoms. The van der Waals surface area contributed by atoms with Gasteiger partial charge in [0.15, 0.2) is 0 Å². The summed E-state index contributed by atoms with van der Waals surface area (Å²) in [5.41, 5.74) is 3.36. The number of carbonyl (C=O) groups is 1. The molecule has 1 saturated carbocycles. The maximum Gasteiger partial charge on any atom is 0.270 e. The van der Waals surface area contributed by atoms with Crippen molar-refractivity contribution in [1.82, 2.24) is 14.9 Å². The van der Waals surface area contributed by atoms with Gasteiger partial charge >= 0.3 is 0 Å². The van der Waals surface area contributed by atoms with E-state index in [1.807, 2.05) is 54.2 Å². The second kappa shape index (κ2) is 8.25. The summed E-state index contributed by atoms with van der Waals surface area (Å²) in [6.45, 7) is 0. The zero-order chi connectivity index (χ0) is 20.4.